The first kappa shape index (κ1) is 13.4. The van der Waals surface area contributed by atoms with Crippen molar-refractivity contribution in [1.29, 1.82) is 0 Å². The maximum absolute atomic E-state index is 10.4. The molecule has 0 aromatic heterocycles. The van der Waals surface area contributed by atoms with E-state index in [0.29, 0.717) is 5.75 Å². The van der Waals surface area contributed by atoms with Gasteiger partial charge < -0.3 is 9.64 Å². The van der Waals surface area contributed by atoms with Crippen molar-refractivity contribution in [2.45, 2.75) is 19.3 Å². The first-order valence-electron chi connectivity index (χ1n) is 6.45. The molecule has 0 N–H and O–H groups in total. The van der Waals surface area contributed by atoms with Crippen molar-refractivity contribution >= 4 is 11.8 Å². The van der Waals surface area contributed by atoms with E-state index in [-0.39, 0.29) is 0 Å². The van der Waals surface area contributed by atoms with Crippen molar-refractivity contribution in [2.24, 2.45) is 0 Å². The van der Waals surface area contributed by atoms with E-state index in [4.69, 9.17) is 4.74 Å². The van der Waals surface area contributed by atoms with E-state index in [0.717, 1.165) is 30.5 Å². The van der Waals surface area contributed by atoms with Crippen LogP contribution in [0.2, 0.25) is 0 Å². The fraction of sp³-hybridized carbons (Fsp3) is 0.429. The van der Waals surface area contributed by atoms with Crippen LogP contribution in [0.3, 0.4) is 0 Å². The Labute approximate surface area is 112 Å². The predicted octanol–water partition coefficient (Wildman–Crippen LogP) is 2.93. The van der Waals surface area contributed by atoms with Crippen LogP contribution in [0, 0.1) is 10.1 Å². The van der Waals surface area contributed by atoms with Gasteiger partial charge in [-0.05, 0) is 31.4 Å². The fourth-order valence-corrected chi connectivity index (χ4v) is 2.33. The fourth-order valence-electron chi connectivity index (χ4n) is 2.33. The lowest BCUT2D eigenvalue weighted by Gasteiger charge is -2.29. The molecule has 102 valence electrons. The largest absolute Gasteiger partial charge is 0.496 e. The Kier molecular flexibility index (Phi) is 4.39. The van der Waals surface area contributed by atoms with Gasteiger partial charge in [-0.2, -0.15) is 0 Å². The highest BCUT2D eigenvalue weighted by molar-refractivity contribution is 5.63. The Morgan fingerprint density at radius 2 is 2.05 bits per heavy atom. The molecule has 0 amide bonds. The molecule has 0 atom stereocenters. The molecule has 0 unspecified atom stereocenters. The van der Waals surface area contributed by atoms with E-state index in [2.05, 4.69) is 4.90 Å². The predicted molar refractivity (Wildman–Crippen MR) is 75.1 cm³/mol. The molecule has 0 saturated carbocycles. The molecular weight excluding hydrogens is 244 g/mol. The van der Waals surface area contributed by atoms with Crippen molar-refractivity contribution in [3.63, 3.8) is 0 Å². The number of benzene rings is 1. The molecule has 19 heavy (non-hydrogen) atoms. The Morgan fingerprint density at radius 3 is 2.68 bits per heavy atom. The summed E-state index contributed by atoms with van der Waals surface area (Å²) >= 11 is 0. The minimum atomic E-state index is -0.474. The molecule has 5 heteroatoms. The minimum absolute atomic E-state index is 0.474. The number of piperidine rings is 1. The molecule has 0 bridgehead atoms. The summed E-state index contributed by atoms with van der Waals surface area (Å²) in [5, 5.41) is 10.4. The lowest BCUT2D eigenvalue weighted by atomic mass is 10.1. The van der Waals surface area contributed by atoms with E-state index >= 15 is 0 Å². The van der Waals surface area contributed by atoms with Crippen LogP contribution in [-0.4, -0.2) is 25.1 Å². The van der Waals surface area contributed by atoms with Crippen LogP contribution in [0.25, 0.3) is 6.08 Å². The van der Waals surface area contributed by atoms with E-state index in [1.165, 1.54) is 25.3 Å². The topological polar surface area (TPSA) is 55.6 Å². The van der Waals surface area contributed by atoms with Gasteiger partial charge in [-0.1, -0.05) is 0 Å². The highest BCUT2D eigenvalue weighted by Crippen LogP contribution is 2.28. The van der Waals surface area contributed by atoms with Crippen LogP contribution in [0.1, 0.15) is 24.8 Å². The monoisotopic (exact) mass is 262 g/mol. The highest BCUT2D eigenvalue weighted by atomic mass is 16.6. The lowest BCUT2D eigenvalue weighted by Crippen LogP contribution is -2.29. The summed E-state index contributed by atoms with van der Waals surface area (Å²) in [7, 11) is 1.58. The van der Waals surface area contributed by atoms with Gasteiger partial charge in [0.25, 0.3) is 0 Å². The third kappa shape index (κ3) is 3.47. The number of hydrogen-bond donors (Lipinski definition) is 0. The summed E-state index contributed by atoms with van der Waals surface area (Å²) in [6.45, 7) is 2.13. The molecule has 1 heterocycles. The number of anilines is 1. The zero-order chi connectivity index (χ0) is 13.7. The molecule has 1 fully saturated rings. The number of rotatable bonds is 4. The quantitative estimate of drug-likeness (QED) is 0.618. The van der Waals surface area contributed by atoms with E-state index in [1.54, 1.807) is 7.11 Å². The second kappa shape index (κ2) is 6.22. The van der Waals surface area contributed by atoms with Crippen LogP contribution in [-0.2, 0) is 0 Å². The van der Waals surface area contributed by atoms with Gasteiger partial charge in [-0.3, -0.25) is 10.1 Å². The second-order valence-electron chi connectivity index (χ2n) is 4.58. The molecule has 0 radical (unpaired) electrons. The normalized spacial score (nSPS) is 15.7. The summed E-state index contributed by atoms with van der Waals surface area (Å²) in [5.41, 5.74) is 1.84. The van der Waals surface area contributed by atoms with Crippen LogP contribution in [0.4, 0.5) is 5.69 Å². The molecule has 0 spiro atoms. The number of hydrogen-bond acceptors (Lipinski definition) is 4. The highest BCUT2D eigenvalue weighted by Gasteiger charge is 2.12. The smallest absolute Gasteiger partial charge is 0.235 e. The van der Waals surface area contributed by atoms with Gasteiger partial charge >= 0.3 is 0 Å². The molecular formula is C14H18N2O3. The molecule has 5 nitrogen and oxygen atoms in total. The second-order valence-corrected chi connectivity index (χ2v) is 4.58. The maximum atomic E-state index is 10.4. The molecule has 1 aromatic carbocycles. The summed E-state index contributed by atoms with van der Waals surface area (Å²) in [5.74, 6) is 0.668. The van der Waals surface area contributed by atoms with Crippen LogP contribution < -0.4 is 9.64 Å². The first-order chi connectivity index (χ1) is 9.20. The average Bonchev–Trinajstić information content (AvgIpc) is 2.45. The Bertz CT molecular complexity index is 480. The van der Waals surface area contributed by atoms with Crippen molar-refractivity contribution in [2.75, 3.05) is 25.1 Å². The molecule has 1 aliphatic rings. The molecule has 1 aliphatic heterocycles. The van der Waals surface area contributed by atoms with Gasteiger partial charge in [0, 0.05) is 36.5 Å². The van der Waals surface area contributed by atoms with Crippen molar-refractivity contribution < 1.29 is 9.66 Å². The molecule has 2 rings (SSSR count). The number of ether oxygens (including phenoxy) is 1. The maximum Gasteiger partial charge on any atom is 0.235 e. The summed E-state index contributed by atoms with van der Waals surface area (Å²) < 4.78 is 5.31. The van der Waals surface area contributed by atoms with Crippen LogP contribution in [0.15, 0.2) is 24.4 Å². The Morgan fingerprint density at radius 1 is 1.32 bits per heavy atom. The number of nitro groups is 1. The van der Waals surface area contributed by atoms with E-state index < -0.39 is 4.92 Å². The number of nitrogens with zero attached hydrogens (tertiary/aromatic N) is 2. The van der Waals surface area contributed by atoms with Crippen molar-refractivity contribution in [3.8, 4) is 5.75 Å². The van der Waals surface area contributed by atoms with Gasteiger partial charge in [0.2, 0.25) is 6.20 Å². The van der Waals surface area contributed by atoms with Gasteiger partial charge in [-0.15, -0.1) is 0 Å². The first-order valence-corrected chi connectivity index (χ1v) is 6.45. The zero-order valence-corrected chi connectivity index (χ0v) is 11.0. The summed E-state index contributed by atoms with van der Waals surface area (Å²) in [6.07, 6.45) is 6.10. The molecule has 0 aliphatic carbocycles. The van der Waals surface area contributed by atoms with Gasteiger partial charge in [0.05, 0.1) is 12.0 Å². The van der Waals surface area contributed by atoms with Gasteiger partial charge in [0.15, 0.2) is 0 Å². The van der Waals surface area contributed by atoms with Crippen molar-refractivity contribution in [1.82, 2.24) is 0 Å². The number of methoxy groups -OCH3 is 1. The lowest BCUT2D eigenvalue weighted by molar-refractivity contribution is -0.400. The van der Waals surface area contributed by atoms with Gasteiger partial charge in [0.1, 0.15) is 5.75 Å². The molecule has 1 aromatic rings. The SMILES string of the molecule is COc1cc(N2CCCCC2)ccc1/C=C\[N+](=O)[O-]. The summed E-state index contributed by atoms with van der Waals surface area (Å²) in [4.78, 5) is 12.2. The Hall–Kier alpha value is -2.04. The third-order valence-electron chi connectivity index (χ3n) is 3.31. The third-order valence-corrected chi connectivity index (χ3v) is 3.31. The van der Waals surface area contributed by atoms with Crippen molar-refractivity contribution in [3.05, 3.63) is 40.1 Å². The standard InChI is InChI=1S/C14H18N2O3/c1-19-14-11-13(15-8-3-2-4-9-15)6-5-12(14)7-10-16(17)18/h5-7,10-11H,2-4,8-9H2,1H3/b10-7-. The van der Waals surface area contributed by atoms with Crippen LogP contribution >= 0.6 is 0 Å². The van der Waals surface area contributed by atoms with E-state index in [1.807, 2.05) is 18.2 Å². The van der Waals surface area contributed by atoms with Crippen LogP contribution in [0.5, 0.6) is 5.75 Å². The summed E-state index contributed by atoms with van der Waals surface area (Å²) in [6, 6.07) is 5.81. The Balaban J connectivity index is 2.22. The average molecular weight is 262 g/mol. The minimum Gasteiger partial charge on any atom is -0.496 e. The van der Waals surface area contributed by atoms with E-state index in [9.17, 15) is 10.1 Å². The zero-order valence-electron chi connectivity index (χ0n) is 11.0. The van der Waals surface area contributed by atoms with Gasteiger partial charge in [-0.25, -0.2) is 0 Å². The molecule has 1 saturated heterocycles.